The molecule has 0 saturated carbocycles. The number of ether oxygens (including phenoxy) is 1. The number of piperazine rings is 1. The first-order valence-corrected chi connectivity index (χ1v) is 20.5. The van der Waals surface area contributed by atoms with Gasteiger partial charge in [-0.3, -0.25) is 18.9 Å². The number of nitrogens with one attached hydrogen (secondary N) is 2. The molecule has 6 rings (SSSR count). The maximum absolute atomic E-state index is 14.5. The maximum Gasteiger partial charge on any atom is 0.410 e. The number of anilines is 1. The number of carbonyl (C=O) groups excluding carboxylic acids is 4. The molecule has 3 aromatic carbocycles. The SMILES string of the molecule is CC(C)(C)[C@H](NC(=O)c1cc2cc(C(F)(F)P(=O)(O)O)ccc2s1)C(=O)N1CCN(C(=O)OCc2ccccc2)C[C@H]1C(=O)Nc1ncc(-c2ccccc2)s1. The summed E-state index contributed by atoms with van der Waals surface area (Å²) in [6.07, 6.45) is 0.946. The van der Waals surface area contributed by atoms with E-state index in [-0.39, 0.29) is 41.6 Å². The molecule has 294 valence electrons. The lowest BCUT2D eigenvalue weighted by Gasteiger charge is -2.43. The fraction of sp³-hybridized carbons (Fsp3) is 0.289. The first kappa shape index (κ1) is 40.6. The van der Waals surface area contributed by atoms with Gasteiger partial charge in [0.15, 0.2) is 5.13 Å². The highest BCUT2D eigenvalue weighted by molar-refractivity contribution is 7.52. The maximum atomic E-state index is 14.5. The minimum Gasteiger partial charge on any atom is -0.445 e. The summed E-state index contributed by atoms with van der Waals surface area (Å²) in [5, 5.41) is 5.98. The topological polar surface area (TPSA) is 178 Å². The van der Waals surface area contributed by atoms with Gasteiger partial charge in [0.05, 0.1) is 16.3 Å². The van der Waals surface area contributed by atoms with Crippen LogP contribution in [-0.2, 0) is 31.2 Å². The molecule has 4 N–H and O–H groups in total. The highest BCUT2D eigenvalue weighted by atomic mass is 32.1. The molecule has 1 aliphatic heterocycles. The van der Waals surface area contributed by atoms with Crippen LogP contribution in [0.15, 0.2) is 91.1 Å². The number of aromatic nitrogens is 1. The monoisotopic (exact) mass is 825 g/mol. The molecule has 3 heterocycles. The van der Waals surface area contributed by atoms with Crippen molar-refractivity contribution in [1.82, 2.24) is 20.1 Å². The van der Waals surface area contributed by atoms with Crippen molar-refractivity contribution < 1.29 is 47.0 Å². The Morgan fingerprint density at radius 1 is 0.964 bits per heavy atom. The van der Waals surface area contributed by atoms with Crippen molar-refractivity contribution in [2.45, 2.75) is 45.1 Å². The van der Waals surface area contributed by atoms with E-state index in [1.165, 1.54) is 33.3 Å². The molecule has 56 heavy (non-hydrogen) atoms. The van der Waals surface area contributed by atoms with Gasteiger partial charge in [-0.2, -0.15) is 8.78 Å². The normalized spacial score (nSPS) is 15.7. The van der Waals surface area contributed by atoms with E-state index in [0.29, 0.717) is 4.70 Å². The summed E-state index contributed by atoms with van der Waals surface area (Å²) in [6.45, 7) is 4.91. The Kier molecular flexibility index (Phi) is 11.7. The van der Waals surface area contributed by atoms with Gasteiger partial charge in [-0.1, -0.05) is 98.8 Å². The van der Waals surface area contributed by atoms with Crippen LogP contribution >= 0.6 is 30.3 Å². The molecule has 1 saturated heterocycles. The molecule has 0 radical (unpaired) electrons. The fourth-order valence-corrected chi connectivity index (χ4v) is 8.28. The average molecular weight is 826 g/mol. The van der Waals surface area contributed by atoms with Gasteiger partial charge >= 0.3 is 19.4 Å². The number of hydrogen-bond acceptors (Lipinski definition) is 9. The lowest BCUT2D eigenvalue weighted by molar-refractivity contribution is -0.145. The Labute approximate surface area is 328 Å². The second-order valence-electron chi connectivity index (χ2n) is 14.1. The van der Waals surface area contributed by atoms with E-state index in [1.807, 2.05) is 48.5 Å². The third kappa shape index (κ3) is 8.98. The molecule has 0 bridgehead atoms. The molecule has 4 amide bonds. The number of benzene rings is 3. The molecule has 0 aliphatic carbocycles. The van der Waals surface area contributed by atoms with Gasteiger partial charge in [0, 0.05) is 29.5 Å². The Morgan fingerprint density at radius 3 is 2.30 bits per heavy atom. The third-order valence-corrected chi connectivity index (χ3v) is 12.1. The molecule has 1 fully saturated rings. The summed E-state index contributed by atoms with van der Waals surface area (Å²) in [7, 11) is -5.82. The number of fused-ring (bicyclic) bond motifs is 1. The highest BCUT2D eigenvalue weighted by Crippen LogP contribution is 2.59. The molecule has 5 aromatic rings. The van der Waals surface area contributed by atoms with E-state index in [2.05, 4.69) is 15.6 Å². The van der Waals surface area contributed by atoms with Crippen LogP contribution < -0.4 is 10.6 Å². The number of thiophene rings is 1. The lowest BCUT2D eigenvalue weighted by atomic mass is 9.85. The van der Waals surface area contributed by atoms with E-state index >= 15 is 0 Å². The summed E-state index contributed by atoms with van der Waals surface area (Å²) in [5.41, 5.74) is -4.59. The number of amides is 4. The van der Waals surface area contributed by atoms with Crippen LogP contribution in [0, 0.1) is 5.41 Å². The van der Waals surface area contributed by atoms with Crippen LogP contribution in [0.1, 0.15) is 41.6 Å². The molecule has 2 atom stereocenters. The Morgan fingerprint density at radius 2 is 1.64 bits per heavy atom. The summed E-state index contributed by atoms with van der Waals surface area (Å²) < 4.78 is 46.3. The molecule has 0 spiro atoms. The van der Waals surface area contributed by atoms with Crippen LogP contribution in [0.25, 0.3) is 20.5 Å². The van der Waals surface area contributed by atoms with Gasteiger partial charge in [0.2, 0.25) is 5.91 Å². The molecule has 0 unspecified atom stereocenters. The van der Waals surface area contributed by atoms with E-state index in [0.717, 1.165) is 39.5 Å². The third-order valence-electron chi connectivity index (χ3n) is 9.07. The predicted octanol–water partition coefficient (Wildman–Crippen LogP) is 6.88. The summed E-state index contributed by atoms with van der Waals surface area (Å²) in [5.74, 6) is -1.92. The standard InChI is InChI=1S/C38H38F2N5O8PS2/c1-37(2,3)31(42-33(47)29-19-25-18-26(14-15-28(25)55-29)38(39,40)54(50,51)52)34(48)45-17-16-44(36(49)53-22-23-10-6-4-7-11-23)21-27(45)32(46)43-35-41-20-30(56-35)24-12-8-5-9-13-24/h4-15,18-20,27,31H,16-17,21-22H2,1-3H3,(H,42,47)(H,41,43,46)(H2,50,51,52)/t27-,31+/m0/s1. The molecule has 2 aromatic heterocycles. The van der Waals surface area contributed by atoms with Gasteiger partial charge in [-0.15, -0.1) is 11.3 Å². The van der Waals surface area contributed by atoms with Crippen molar-refractivity contribution >= 4 is 69.3 Å². The number of thiazole rings is 1. The summed E-state index contributed by atoms with van der Waals surface area (Å²) in [6, 6.07) is 20.4. The molecule has 1 aliphatic rings. The lowest BCUT2D eigenvalue weighted by Crippen LogP contribution is -2.65. The smallest absolute Gasteiger partial charge is 0.410 e. The van der Waals surface area contributed by atoms with Crippen LogP contribution in [0.3, 0.4) is 0 Å². The van der Waals surface area contributed by atoms with Gasteiger partial charge in [0.1, 0.15) is 18.7 Å². The Balaban J connectivity index is 1.24. The van der Waals surface area contributed by atoms with Crippen molar-refractivity contribution in [3.05, 3.63) is 107 Å². The predicted molar refractivity (Wildman–Crippen MR) is 208 cm³/mol. The Bertz CT molecular complexity index is 2290. The van der Waals surface area contributed by atoms with Crippen molar-refractivity contribution in [2.24, 2.45) is 5.41 Å². The average Bonchev–Trinajstić information content (AvgIpc) is 3.82. The molecule has 13 nitrogen and oxygen atoms in total. The molecule has 18 heteroatoms. The van der Waals surface area contributed by atoms with Crippen LogP contribution in [0.2, 0.25) is 0 Å². The van der Waals surface area contributed by atoms with Gasteiger partial charge < -0.3 is 35.0 Å². The van der Waals surface area contributed by atoms with Crippen LogP contribution in [0.5, 0.6) is 0 Å². The Hall–Kier alpha value is -5.06. The number of nitrogens with zero attached hydrogens (tertiary/aromatic N) is 3. The minimum absolute atomic E-state index is 0.000331. The number of carbonyl (C=O) groups is 4. The van der Waals surface area contributed by atoms with E-state index in [4.69, 9.17) is 4.74 Å². The number of rotatable bonds is 10. The van der Waals surface area contributed by atoms with Gasteiger partial charge in [-0.05, 0) is 40.1 Å². The summed E-state index contributed by atoms with van der Waals surface area (Å²) >= 11 is 2.18. The summed E-state index contributed by atoms with van der Waals surface area (Å²) in [4.78, 5) is 81.8. The quantitative estimate of drug-likeness (QED) is 0.109. The second-order valence-corrected chi connectivity index (χ2v) is 17.9. The molecular formula is C38H38F2N5O8PS2. The number of hydrogen-bond donors (Lipinski definition) is 4. The van der Waals surface area contributed by atoms with Crippen LogP contribution in [-0.4, -0.2) is 80.1 Å². The highest BCUT2D eigenvalue weighted by Gasteiger charge is 2.50. The molecular weight excluding hydrogens is 788 g/mol. The zero-order chi connectivity index (χ0) is 40.4. The number of halogens is 2. The van der Waals surface area contributed by atoms with Gasteiger partial charge in [0.25, 0.3) is 11.8 Å². The zero-order valence-electron chi connectivity index (χ0n) is 30.3. The minimum atomic E-state index is -5.82. The fourth-order valence-electron chi connectivity index (χ4n) is 6.03. The number of alkyl halides is 2. The van der Waals surface area contributed by atoms with E-state index < -0.39 is 60.1 Å². The van der Waals surface area contributed by atoms with E-state index in [9.17, 15) is 42.3 Å². The van der Waals surface area contributed by atoms with E-state index in [1.54, 1.807) is 39.1 Å². The first-order chi connectivity index (χ1) is 26.4. The van der Waals surface area contributed by atoms with Gasteiger partial charge in [-0.25, -0.2) is 9.78 Å². The van der Waals surface area contributed by atoms with Crippen LogP contribution in [0.4, 0.5) is 18.7 Å². The van der Waals surface area contributed by atoms with Crippen molar-refractivity contribution in [3.63, 3.8) is 0 Å². The zero-order valence-corrected chi connectivity index (χ0v) is 32.9. The van der Waals surface area contributed by atoms with Crippen molar-refractivity contribution in [2.75, 3.05) is 25.0 Å². The first-order valence-electron chi connectivity index (χ1n) is 17.3. The van der Waals surface area contributed by atoms with Crippen molar-refractivity contribution in [3.8, 4) is 10.4 Å². The second kappa shape index (κ2) is 16.2. The van der Waals surface area contributed by atoms with Crippen molar-refractivity contribution in [1.29, 1.82) is 0 Å². The largest absolute Gasteiger partial charge is 0.445 e.